The molecule has 0 radical (unpaired) electrons. The van der Waals surface area contributed by atoms with Crippen LogP contribution in [0.15, 0.2) is 30.3 Å². The summed E-state index contributed by atoms with van der Waals surface area (Å²) in [6.45, 7) is 3.28. The van der Waals surface area contributed by atoms with E-state index in [9.17, 15) is 4.57 Å². The molecule has 0 spiro atoms. The van der Waals surface area contributed by atoms with Crippen LogP contribution in [0.2, 0.25) is 0 Å². The summed E-state index contributed by atoms with van der Waals surface area (Å²) >= 11 is 0. The summed E-state index contributed by atoms with van der Waals surface area (Å²) < 4.78 is 21.1. The van der Waals surface area contributed by atoms with Gasteiger partial charge >= 0.3 is 7.60 Å². The monoisotopic (exact) mass is 243 g/mol. The van der Waals surface area contributed by atoms with Crippen molar-refractivity contribution in [2.24, 2.45) is 0 Å². The largest absolute Gasteiger partial charge is 0.327 e. The van der Waals surface area contributed by atoms with Gasteiger partial charge in [0, 0.05) is 26.9 Å². The van der Waals surface area contributed by atoms with E-state index in [4.69, 9.17) is 9.05 Å². The molecule has 0 aliphatic rings. The fourth-order valence-electron chi connectivity index (χ4n) is 1.16. The molecule has 90 valence electrons. The molecule has 4 nitrogen and oxygen atoms in total. The Morgan fingerprint density at radius 1 is 1.31 bits per heavy atom. The van der Waals surface area contributed by atoms with Gasteiger partial charge in [0.2, 0.25) is 0 Å². The summed E-state index contributed by atoms with van der Waals surface area (Å²) in [6.07, 6.45) is 0. The summed E-state index contributed by atoms with van der Waals surface area (Å²) in [5.74, 6) is 0. The van der Waals surface area contributed by atoms with E-state index in [0.717, 1.165) is 6.54 Å². The maximum absolute atomic E-state index is 11.3. The second-order valence-electron chi connectivity index (χ2n) is 3.45. The predicted octanol–water partition coefficient (Wildman–Crippen LogP) is 2.26. The molecule has 1 rings (SSSR count). The molecular weight excluding hydrogens is 225 g/mol. The Balaban J connectivity index is 2.11. The van der Waals surface area contributed by atoms with Gasteiger partial charge in [0.15, 0.2) is 0 Å². The fourth-order valence-corrected chi connectivity index (χ4v) is 1.69. The molecule has 1 N–H and O–H groups in total. The van der Waals surface area contributed by atoms with Crippen LogP contribution in [0.25, 0.3) is 0 Å². The first-order chi connectivity index (χ1) is 7.64. The zero-order chi connectivity index (χ0) is 11.9. The number of benzene rings is 1. The van der Waals surface area contributed by atoms with Crippen molar-refractivity contribution in [3.8, 4) is 0 Å². The van der Waals surface area contributed by atoms with Crippen molar-refractivity contribution in [3.63, 3.8) is 0 Å². The van der Waals surface area contributed by atoms with Crippen LogP contribution < -0.4 is 5.32 Å². The standard InChI is InChI=1S/C11H18NO3P/c1-14-16(2,13)15-9-8-12-10-11-6-4-3-5-7-11/h3-7,12H,8-10H2,1-2H3. The van der Waals surface area contributed by atoms with Gasteiger partial charge in [-0.15, -0.1) is 0 Å². The van der Waals surface area contributed by atoms with Crippen molar-refractivity contribution in [1.29, 1.82) is 0 Å². The first-order valence-electron chi connectivity index (χ1n) is 5.16. The molecule has 0 bridgehead atoms. The first kappa shape index (κ1) is 13.4. The van der Waals surface area contributed by atoms with Crippen molar-refractivity contribution >= 4 is 7.60 Å². The minimum atomic E-state index is -2.83. The Morgan fingerprint density at radius 3 is 2.62 bits per heavy atom. The van der Waals surface area contributed by atoms with Gasteiger partial charge in [-0.25, -0.2) is 0 Å². The lowest BCUT2D eigenvalue weighted by molar-refractivity contribution is 0.238. The fraction of sp³-hybridized carbons (Fsp3) is 0.455. The SMILES string of the molecule is COP(C)(=O)OCCNCc1ccccc1. The summed E-state index contributed by atoms with van der Waals surface area (Å²) in [5, 5.41) is 3.20. The quantitative estimate of drug-likeness (QED) is 0.589. The van der Waals surface area contributed by atoms with Crippen LogP contribution in [0, 0.1) is 0 Å². The van der Waals surface area contributed by atoms with Crippen molar-refractivity contribution in [2.45, 2.75) is 6.54 Å². The molecule has 0 aromatic heterocycles. The molecule has 1 atom stereocenters. The van der Waals surface area contributed by atoms with E-state index in [1.807, 2.05) is 30.3 Å². The van der Waals surface area contributed by atoms with E-state index < -0.39 is 7.60 Å². The van der Waals surface area contributed by atoms with Gasteiger partial charge in [-0.1, -0.05) is 30.3 Å². The molecule has 5 heteroatoms. The molecule has 0 heterocycles. The third kappa shape index (κ3) is 5.42. The number of nitrogens with one attached hydrogen (secondary N) is 1. The molecule has 0 aliphatic heterocycles. The second kappa shape index (κ2) is 6.81. The molecule has 1 unspecified atom stereocenters. The van der Waals surface area contributed by atoms with E-state index in [2.05, 4.69) is 5.32 Å². The van der Waals surface area contributed by atoms with Crippen LogP contribution in [-0.2, 0) is 20.2 Å². The lowest BCUT2D eigenvalue weighted by Crippen LogP contribution is -2.18. The zero-order valence-corrected chi connectivity index (χ0v) is 10.6. The highest BCUT2D eigenvalue weighted by molar-refractivity contribution is 7.52. The molecule has 0 saturated heterocycles. The smallest absolute Gasteiger partial charge is 0.312 e. The number of hydrogen-bond acceptors (Lipinski definition) is 4. The summed E-state index contributed by atoms with van der Waals surface area (Å²) in [7, 11) is -1.44. The highest BCUT2D eigenvalue weighted by Gasteiger charge is 2.12. The topological polar surface area (TPSA) is 47.6 Å². The number of rotatable bonds is 7. The van der Waals surface area contributed by atoms with E-state index in [0.29, 0.717) is 13.2 Å². The Labute approximate surface area is 96.5 Å². The van der Waals surface area contributed by atoms with Crippen LogP contribution in [-0.4, -0.2) is 26.9 Å². The Morgan fingerprint density at radius 2 is 2.00 bits per heavy atom. The molecule has 0 amide bonds. The van der Waals surface area contributed by atoms with Gasteiger partial charge < -0.3 is 14.4 Å². The van der Waals surface area contributed by atoms with Crippen molar-refractivity contribution < 1.29 is 13.6 Å². The van der Waals surface area contributed by atoms with Crippen molar-refractivity contribution in [3.05, 3.63) is 35.9 Å². The van der Waals surface area contributed by atoms with Crippen LogP contribution in [0.5, 0.6) is 0 Å². The molecule has 0 saturated carbocycles. The minimum Gasteiger partial charge on any atom is -0.312 e. The van der Waals surface area contributed by atoms with Crippen LogP contribution in [0.4, 0.5) is 0 Å². The van der Waals surface area contributed by atoms with Gasteiger partial charge in [0.05, 0.1) is 6.61 Å². The Bertz CT molecular complexity index is 342. The maximum Gasteiger partial charge on any atom is 0.327 e. The van der Waals surface area contributed by atoms with Gasteiger partial charge in [-0.3, -0.25) is 4.57 Å². The van der Waals surface area contributed by atoms with Gasteiger partial charge in [-0.2, -0.15) is 0 Å². The van der Waals surface area contributed by atoms with Crippen molar-refractivity contribution in [1.82, 2.24) is 5.32 Å². The van der Waals surface area contributed by atoms with E-state index in [1.165, 1.54) is 19.3 Å². The van der Waals surface area contributed by atoms with Crippen LogP contribution in [0.3, 0.4) is 0 Å². The normalized spacial score (nSPS) is 14.6. The average Bonchev–Trinajstić information content (AvgIpc) is 2.30. The second-order valence-corrected chi connectivity index (χ2v) is 5.62. The van der Waals surface area contributed by atoms with Crippen LogP contribution >= 0.6 is 7.60 Å². The maximum atomic E-state index is 11.3. The highest BCUT2D eigenvalue weighted by atomic mass is 31.2. The van der Waals surface area contributed by atoms with Gasteiger partial charge in [-0.05, 0) is 5.56 Å². The molecule has 16 heavy (non-hydrogen) atoms. The van der Waals surface area contributed by atoms with E-state index in [1.54, 1.807) is 0 Å². The predicted molar refractivity (Wildman–Crippen MR) is 64.6 cm³/mol. The molecule has 0 fully saturated rings. The summed E-state index contributed by atoms with van der Waals surface area (Å²) in [4.78, 5) is 0. The molecule has 0 aliphatic carbocycles. The summed E-state index contributed by atoms with van der Waals surface area (Å²) in [6, 6.07) is 10.1. The average molecular weight is 243 g/mol. The zero-order valence-electron chi connectivity index (χ0n) is 9.68. The van der Waals surface area contributed by atoms with Gasteiger partial charge in [0.25, 0.3) is 0 Å². The van der Waals surface area contributed by atoms with E-state index >= 15 is 0 Å². The minimum absolute atomic E-state index is 0.383. The highest BCUT2D eigenvalue weighted by Crippen LogP contribution is 2.42. The van der Waals surface area contributed by atoms with E-state index in [-0.39, 0.29) is 0 Å². The first-order valence-corrected chi connectivity index (χ1v) is 7.15. The number of hydrogen-bond donors (Lipinski definition) is 1. The molecule has 1 aromatic rings. The molecule has 1 aromatic carbocycles. The Hall–Kier alpha value is -0.670. The lowest BCUT2D eigenvalue weighted by Gasteiger charge is -2.11. The Kier molecular flexibility index (Phi) is 5.71. The molecular formula is C11H18NO3P. The third-order valence-corrected chi connectivity index (χ3v) is 3.42. The summed E-state index contributed by atoms with van der Waals surface area (Å²) in [5.41, 5.74) is 1.22. The van der Waals surface area contributed by atoms with Crippen molar-refractivity contribution in [2.75, 3.05) is 26.9 Å². The lowest BCUT2D eigenvalue weighted by atomic mass is 10.2. The third-order valence-electron chi connectivity index (χ3n) is 2.11. The van der Waals surface area contributed by atoms with Crippen LogP contribution in [0.1, 0.15) is 5.56 Å². The van der Waals surface area contributed by atoms with Gasteiger partial charge in [0.1, 0.15) is 0 Å².